The van der Waals surface area contributed by atoms with Crippen LogP contribution in [0.2, 0.25) is 0 Å². The van der Waals surface area contributed by atoms with Crippen LogP contribution in [-0.4, -0.2) is 38.1 Å². The van der Waals surface area contributed by atoms with Crippen LogP contribution in [0.15, 0.2) is 91.0 Å². The minimum atomic E-state index is -1.08. The van der Waals surface area contributed by atoms with E-state index >= 15 is 0 Å². The minimum Gasteiger partial charge on any atom is -0.497 e. The Morgan fingerprint density at radius 1 is 0.800 bits per heavy atom. The molecule has 0 aromatic heterocycles. The van der Waals surface area contributed by atoms with Gasteiger partial charge in [-0.2, -0.15) is 0 Å². The van der Waals surface area contributed by atoms with E-state index in [0.29, 0.717) is 17.1 Å². The number of hydrogen-bond donors (Lipinski definition) is 1. The Kier molecular flexibility index (Phi) is 8.17. The average Bonchev–Trinajstić information content (AvgIpc) is 3.36. The molecule has 1 fully saturated rings. The first-order valence-corrected chi connectivity index (χ1v) is 13.1. The Morgan fingerprint density at radius 3 is 1.90 bits per heavy atom. The van der Waals surface area contributed by atoms with Gasteiger partial charge in [0.1, 0.15) is 34.8 Å². The molecule has 0 spiro atoms. The van der Waals surface area contributed by atoms with Gasteiger partial charge in [-0.1, -0.05) is 54.6 Å². The number of benzene rings is 4. The molecule has 4 aromatic rings. The lowest BCUT2D eigenvalue weighted by molar-refractivity contribution is -0.0831. The van der Waals surface area contributed by atoms with E-state index in [4.69, 9.17) is 18.9 Å². The molecule has 1 aliphatic rings. The highest BCUT2D eigenvalue weighted by Gasteiger charge is 2.42. The van der Waals surface area contributed by atoms with Gasteiger partial charge in [0.15, 0.2) is 0 Å². The number of aliphatic hydroxyl groups excluding tert-OH is 1. The van der Waals surface area contributed by atoms with Gasteiger partial charge in [0.05, 0.1) is 33.0 Å². The van der Waals surface area contributed by atoms with E-state index in [9.17, 15) is 13.9 Å². The van der Waals surface area contributed by atoms with Gasteiger partial charge in [0.2, 0.25) is 0 Å². The lowest BCUT2D eigenvalue weighted by Gasteiger charge is -2.37. The van der Waals surface area contributed by atoms with Crippen molar-refractivity contribution in [3.63, 3.8) is 0 Å². The van der Waals surface area contributed by atoms with Gasteiger partial charge in [0.25, 0.3) is 0 Å². The van der Waals surface area contributed by atoms with Gasteiger partial charge < -0.3 is 24.1 Å². The fourth-order valence-corrected chi connectivity index (χ4v) is 5.29. The first-order valence-electron chi connectivity index (χ1n) is 13.1. The summed E-state index contributed by atoms with van der Waals surface area (Å²) < 4.78 is 52.3. The van der Waals surface area contributed by atoms with E-state index in [1.165, 1.54) is 6.07 Å². The summed E-state index contributed by atoms with van der Waals surface area (Å²) in [5.41, 5.74) is 2.01. The van der Waals surface area contributed by atoms with Crippen molar-refractivity contribution < 1.29 is 32.8 Å². The number of aryl methyl sites for hydroxylation is 1. The molecule has 3 atom stereocenters. The molecule has 208 valence electrons. The second-order valence-corrected chi connectivity index (χ2v) is 9.90. The fourth-order valence-electron chi connectivity index (χ4n) is 5.29. The molecule has 0 aliphatic carbocycles. The highest BCUT2D eigenvalue weighted by molar-refractivity contribution is 5.49. The standard InChI is InChI=1S/C33H32F2O5/c1-21-17-27(29(35)18-28(21)34)31-19-30(36)32(40-31)20-39-33(22-7-5-4-6-8-22,23-9-13-25(37-2)14-10-23)24-11-15-26(38-3)16-12-24/h4-18,30-32,36H,19-20H2,1-3H3/t30-,31+,32+/m0/s1. The molecule has 40 heavy (non-hydrogen) atoms. The molecular weight excluding hydrogens is 514 g/mol. The van der Waals surface area contributed by atoms with Crippen LogP contribution in [0, 0.1) is 18.6 Å². The molecule has 0 amide bonds. The van der Waals surface area contributed by atoms with Gasteiger partial charge in [-0.05, 0) is 59.5 Å². The molecule has 0 saturated carbocycles. The van der Waals surface area contributed by atoms with Crippen molar-refractivity contribution in [3.8, 4) is 11.5 Å². The van der Waals surface area contributed by atoms with Gasteiger partial charge in [-0.15, -0.1) is 0 Å². The molecule has 7 heteroatoms. The van der Waals surface area contributed by atoms with E-state index in [1.54, 1.807) is 21.1 Å². The van der Waals surface area contributed by atoms with Crippen LogP contribution in [0.3, 0.4) is 0 Å². The number of aliphatic hydroxyl groups is 1. The van der Waals surface area contributed by atoms with Gasteiger partial charge in [0, 0.05) is 18.1 Å². The van der Waals surface area contributed by atoms with E-state index in [1.807, 2.05) is 78.9 Å². The van der Waals surface area contributed by atoms with Crippen molar-refractivity contribution in [2.24, 2.45) is 0 Å². The Bertz CT molecular complexity index is 1380. The monoisotopic (exact) mass is 546 g/mol. The normalized spacial score (nSPS) is 19.0. The smallest absolute Gasteiger partial charge is 0.143 e. The van der Waals surface area contributed by atoms with Crippen LogP contribution in [0.1, 0.15) is 40.3 Å². The highest BCUT2D eigenvalue weighted by Crippen LogP contribution is 2.43. The third kappa shape index (κ3) is 5.32. The summed E-state index contributed by atoms with van der Waals surface area (Å²) in [6, 6.07) is 27.4. The summed E-state index contributed by atoms with van der Waals surface area (Å²) in [6.07, 6.45) is -2.21. The maximum absolute atomic E-state index is 14.6. The Labute approximate surface area is 232 Å². The lowest BCUT2D eigenvalue weighted by atomic mass is 9.80. The molecule has 1 heterocycles. The summed E-state index contributed by atoms with van der Waals surface area (Å²) in [6.45, 7) is 1.58. The van der Waals surface area contributed by atoms with Crippen LogP contribution >= 0.6 is 0 Å². The molecule has 0 bridgehead atoms. The topological polar surface area (TPSA) is 57.2 Å². The Morgan fingerprint density at radius 2 is 1.35 bits per heavy atom. The zero-order chi connectivity index (χ0) is 28.3. The zero-order valence-electron chi connectivity index (χ0n) is 22.6. The molecule has 4 aromatic carbocycles. The van der Waals surface area contributed by atoms with E-state index in [2.05, 4.69) is 0 Å². The van der Waals surface area contributed by atoms with Gasteiger partial charge in [-0.3, -0.25) is 0 Å². The summed E-state index contributed by atoms with van der Waals surface area (Å²) in [5, 5.41) is 10.9. The molecule has 5 rings (SSSR count). The second kappa shape index (κ2) is 11.8. The van der Waals surface area contributed by atoms with Crippen molar-refractivity contribution >= 4 is 0 Å². The number of rotatable bonds is 9. The lowest BCUT2D eigenvalue weighted by Crippen LogP contribution is -2.38. The van der Waals surface area contributed by atoms with Crippen LogP contribution in [0.4, 0.5) is 8.78 Å². The van der Waals surface area contributed by atoms with Gasteiger partial charge >= 0.3 is 0 Å². The number of halogens is 2. The SMILES string of the molecule is COc1ccc(C(OC[C@H]2O[C@@H](c3cc(C)c(F)cc3F)C[C@@H]2O)(c2ccccc2)c2ccc(OC)cc2)cc1. The first-order chi connectivity index (χ1) is 19.3. The zero-order valence-corrected chi connectivity index (χ0v) is 22.6. The van der Waals surface area contributed by atoms with Crippen molar-refractivity contribution in [1.82, 2.24) is 0 Å². The quantitative estimate of drug-likeness (QED) is 0.243. The third-order valence-corrected chi connectivity index (χ3v) is 7.49. The Hall–Kier alpha value is -3.78. The number of ether oxygens (including phenoxy) is 4. The number of hydrogen-bond acceptors (Lipinski definition) is 5. The molecule has 0 unspecified atom stereocenters. The maximum atomic E-state index is 14.6. The van der Waals surface area contributed by atoms with Crippen LogP contribution in [0.25, 0.3) is 0 Å². The highest BCUT2D eigenvalue weighted by atomic mass is 19.1. The summed E-state index contributed by atoms with van der Waals surface area (Å²) in [5.74, 6) is 0.0900. The third-order valence-electron chi connectivity index (χ3n) is 7.49. The first kappa shape index (κ1) is 27.8. The van der Waals surface area contributed by atoms with Crippen molar-refractivity contribution in [3.05, 3.63) is 130 Å². The van der Waals surface area contributed by atoms with Crippen LogP contribution < -0.4 is 9.47 Å². The average molecular weight is 547 g/mol. The van der Waals surface area contributed by atoms with Crippen LogP contribution in [0.5, 0.6) is 11.5 Å². The Balaban J connectivity index is 1.53. The van der Waals surface area contributed by atoms with E-state index in [0.717, 1.165) is 22.8 Å². The minimum absolute atomic E-state index is 0.00636. The van der Waals surface area contributed by atoms with E-state index < -0.39 is 35.5 Å². The van der Waals surface area contributed by atoms with Gasteiger partial charge in [-0.25, -0.2) is 8.78 Å². The second-order valence-electron chi connectivity index (χ2n) is 9.90. The maximum Gasteiger partial charge on any atom is 0.143 e. The summed E-state index contributed by atoms with van der Waals surface area (Å²) in [4.78, 5) is 0. The number of methoxy groups -OCH3 is 2. The molecule has 0 radical (unpaired) electrons. The fraction of sp³-hybridized carbons (Fsp3) is 0.273. The van der Waals surface area contributed by atoms with Crippen molar-refractivity contribution in [2.75, 3.05) is 20.8 Å². The molecular formula is C33H32F2O5. The molecule has 5 nitrogen and oxygen atoms in total. The molecule has 1 N–H and O–H groups in total. The predicted molar refractivity (Wildman–Crippen MR) is 148 cm³/mol. The largest absolute Gasteiger partial charge is 0.497 e. The molecule has 1 saturated heterocycles. The van der Waals surface area contributed by atoms with Crippen molar-refractivity contribution in [2.45, 2.75) is 37.3 Å². The predicted octanol–water partition coefficient (Wildman–Crippen LogP) is 6.49. The summed E-state index contributed by atoms with van der Waals surface area (Å²) >= 11 is 0. The van der Waals surface area contributed by atoms with Crippen molar-refractivity contribution in [1.29, 1.82) is 0 Å². The van der Waals surface area contributed by atoms with E-state index in [-0.39, 0.29) is 18.6 Å². The summed E-state index contributed by atoms with van der Waals surface area (Å²) in [7, 11) is 3.22. The van der Waals surface area contributed by atoms with Crippen LogP contribution in [-0.2, 0) is 15.1 Å². The molecule has 1 aliphatic heterocycles.